The van der Waals surface area contributed by atoms with E-state index in [-0.39, 0.29) is 12.5 Å². The van der Waals surface area contributed by atoms with E-state index in [1.807, 2.05) is 38.1 Å². The number of rotatable bonds is 9. The molecule has 0 atom stereocenters. The third-order valence-corrected chi connectivity index (χ3v) is 4.52. The Labute approximate surface area is 172 Å². The van der Waals surface area contributed by atoms with E-state index < -0.39 is 0 Å². The van der Waals surface area contributed by atoms with E-state index in [1.54, 1.807) is 26.1 Å². The summed E-state index contributed by atoms with van der Waals surface area (Å²) in [5.74, 6) is 2.20. The first-order valence-corrected chi connectivity index (χ1v) is 9.80. The maximum Gasteiger partial charge on any atom is 0.241 e. The minimum atomic E-state index is -0.0302. The Morgan fingerprint density at radius 1 is 1.17 bits per heavy atom. The number of ether oxygens (including phenoxy) is 1. The molecule has 1 heterocycles. The highest BCUT2D eigenvalue weighted by Crippen LogP contribution is 2.15. The van der Waals surface area contributed by atoms with Crippen LogP contribution < -0.4 is 15.4 Å². The zero-order valence-electron chi connectivity index (χ0n) is 17.9. The van der Waals surface area contributed by atoms with Crippen LogP contribution in [0.2, 0.25) is 0 Å². The number of amides is 1. The zero-order valence-corrected chi connectivity index (χ0v) is 17.9. The Kier molecular flexibility index (Phi) is 8.51. The largest absolute Gasteiger partial charge is 0.497 e. The minimum absolute atomic E-state index is 0.0302. The van der Waals surface area contributed by atoms with Gasteiger partial charge in [-0.05, 0) is 24.1 Å². The van der Waals surface area contributed by atoms with Crippen molar-refractivity contribution in [1.29, 1.82) is 0 Å². The van der Waals surface area contributed by atoms with Crippen LogP contribution in [0, 0.1) is 0 Å². The molecular formula is C21H31N5O3. The summed E-state index contributed by atoms with van der Waals surface area (Å²) in [6.45, 7) is 5.25. The van der Waals surface area contributed by atoms with Gasteiger partial charge in [-0.1, -0.05) is 31.1 Å². The molecule has 0 aliphatic carbocycles. The molecule has 0 fully saturated rings. The molecule has 158 valence electrons. The highest BCUT2D eigenvalue weighted by atomic mass is 16.5. The molecule has 0 saturated carbocycles. The predicted octanol–water partition coefficient (Wildman–Crippen LogP) is 2.13. The van der Waals surface area contributed by atoms with E-state index >= 15 is 0 Å². The molecule has 2 rings (SSSR count). The molecule has 0 aliphatic rings. The SMILES string of the molecule is CCc1noc(CC)c1CNC(=NCc1ccc(OC)cc1)NCC(=O)N(C)C. The quantitative estimate of drug-likeness (QED) is 0.494. The fraction of sp³-hybridized carbons (Fsp3) is 0.476. The van der Waals surface area contributed by atoms with Crippen molar-refractivity contribution in [1.82, 2.24) is 20.7 Å². The Bertz CT molecular complexity index is 791. The van der Waals surface area contributed by atoms with Gasteiger partial charge >= 0.3 is 0 Å². The molecule has 29 heavy (non-hydrogen) atoms. The number of methoxy groups -OCH3 is 1. The number of benzene rings is 1. The smallest absolute Gasteiger partial charge is 0.241 e. The van der Waals surface area contributed by atoms with Crippen molar-refractivity contribution in [3.63, 3.8) is 0 Å². The van der Waals surface area contributed by atoms with Crippen molar-refractivity contribution in [2.45, 2.75) is 39.8 Å². The van der Waals surface area contributed by atoms with Crippen LogP contribution >= 0.6 is 0 Å². The normalized spacial score (nSPS) is 11.3. The number of carbonyl (C=O) groups is 1. The number of carbonyl (C=O) groups excluding carboxylic acids is 1. The van der Waals surface area contributed by atoms with Crippen LogP contribution in [0.5, 0.6) is 5.75 Å². The summed E-state index contributed by atoms with van der Waals surface area (Å²) >= 11 is 0. The first kappa shape index (κ1) is 22.3. The third-order valence-electron chi connectivity index (χ3n) is 4.52. The molecule has 0 radical (unpaired) electrons. The Morgan fingerprint density at radius 3 is 2.48 bits per heavy atom. The Hall–Kier alpha value is -3.03. The topological polar surface area (TPSA) is 92.0 Å². The molecule has 1 aromatic carbocycles. The fourth-order valence-electron chi connectivity index (χ4n) is 2.70. The van der Waals surface area contributed by atoms with Gasteiger partial charge in [-0.2, -0.15) is 0 Å². The van der Waals surface area contributed by atoms with Gasteiger partial charge in [0.2, 0.25) is 5.91 Å². The third kappa shape index (κ3) is 6.51. The minimum Gasteiger partial charge on any atom is -0.497 e. The van der Waals surface area contributed by atoms with Gasteiger partial charge in [0.1, 0.15) is 11.5 Å². The molecule has 0 unspecified atom stereocenters. The van der Waals surface area contributed by atoms with E-state index in [1.165, 1.54) is 0 Å². The van der Waals surface area contributed by atoms with Crippen molar-refractivity contribution in [3.8, 4) is 5.75 Å². The second-order valence-electron chi connectivity index (χ2n) is 6.75. The molecule has 2 aromatic rings. The number of hydrogen-bond donors (Lipinski definition) is 2. The van der Waals surface area contributed by atoms with Gasteiger partial charge in [-0.25, -0.2) is 4.99 Å². The summed E-state index contributed by atoms with van der Waals surface area (Å²) in [6, 6.07) is 7.74. The van der Waals surface area contributed by atoms with Crippen LogP contribution in [-0.2, 0) is 30.7 Å². The van der Waals surface area contributed by atoms with Gasteiger partial charge in [-0.3, -0.25) is 4.79 Å². The maximum atomic E-state index is 12.0. The van der Waals surface area contributed by atoms with E-state index in [0.717, 1.165) is 41.2 Å². The molecule has 0 bridgehead atoms. The molecule has 1 aromatic heterocycles. The second kappa shape index (κ2) is 11.1. The van der Waals surface area contributed by atoms with Gasteiger partial charge in [0.05, 0.1) is 25.9 Å². The molecule has 8 heteroatoms. The Balaban J connectivity index is 2.11. The number of guanidine groups is 1. The van der Waals surface area contributed by atoms with E-state index in [4.69, 9.17) is 9.26 Å². The molecule has 0 spiro atoms. The average molecular weight is 402 g/mol. The molecule has 0 aliphatic heterocycles. The number of aromatic nitrogens is 1. The summed E-state index contributed by atoms with van der Waals surface area (Å²) in [5, 5.41) is 10.5. The summed E-state index contributed by atoms with van der Waals surface area (Å²) in [7, 11) is 5.09. The zero-order chi connectivity index (χ0) is 21.2. The lowest BCUT2D eigenvalue weighted by atomic mass is 10.1. The van der Waals surface area contributed by atoms with Gasteiger partial charge in [0.25, 0.3) is 0 Å². The van der Waals surface area contributed by atoms with Crippen molar-refractivity contribution in [2.24, 2.45) is 4.99 Å². The molecule has 0 saturated heterocycles. The fourth-order valence-corrected chi connectivity index (χ4v) is 2.70. The van der Waals surface area contributed by atoms with Gasteiger partial charge < -0.3 is 24.8 Å². The van der Waals surface area contributed by atoms with Gasteiger partial charge in [-0.15, -0.1) is 0 Å². The van der Waals surface area contributed by atoms with Crippen LogP contribution in [0.3, 0.4) is 0 Å². The van der Waals surface area contributed by atoms with Crippen LogP contribution in [-0.4, -0.2) is 49.7 Å². The average Bonchev–Trinajstić information content (AvgIpc) is 3.15. The highest BCUT2D eigenvalue weighted by Gasteiger charge is 2.14. The highest BCUT2D eigenvalue weighted by molar-refractivity contribution is 5.86. The summed E-state index contributed by atoms with van der Waals surface area (Å²) in [6.07, 6.45) is 1.57. The first-order chi connectivity index (χ1) is 14.0. The van der Waals surface area contributed by atoms with Crippen LogP contribution in [0.25, 0.3) is 0 Å². The monoisotopic (exact) mass is 401 g/mol. The lowest BCUT2D eigenvalue weighted by Gasteiger charge is -2.15. The number of nitrogens with one attached hydrogen (secondary N) is 2. The summed E-state index contributed by atoms with van der Waals surface area (Å²) in [4.78, 5) is 18.1. The van der Waals surface area contributed by atoms with Crippen molar-refractivity contribution >= 4 is 11.9 Å². The van der Waals surface area contributed by atoms with Crippen molar-refractivity contribution in [2.75, 3.05) is 27.7 Å². The molecular weight excluding hydrogens is 370 g/mol. The maximum absolute atomic E-state index is 12.0. The van der Waals surface area contributed by atoms with E-state index in [9.17, 15) is 4.79 Å². The van der Waals surface area contributed by atoms with E-state index in [0.29, 0.717) is 19.0 Å². The standard InChI is InChI=1S/C21H31N5O3/c1-6-18-17(19(7-2)29-25-18)13-23-21(24-14-20(27)26(3)4)22-12-15-8-10-16(28-5)11-9-15/h8-11H,6-7,12-14H2,1-5H3,(H2,22,23,24). The van der Waals surface area contributed by atoms with Crippen LogP contribution in [0.15, 0.2) is 33.8 Å². The van der Waals surface area contributed by atoms with Crippen LogP contribution in [0.1, 0.15) is 36.4 Å². The number of nitrogens with zero attached hydrogens (tertiary/aromatic N) is 3. The van der Waals surface area contributed by atoms with Crippen LogP contribution in [0.4, 0.5) is 0 Å². The number of likely N-dealkylation sites (N-methyl/N-ethyl adjacent to an activating group) is 1. The predicted molar refractivity (Wildman–Crippen MR) is 113 cm³/mol. The van der Waals surface area contributed by atoms with Crippen molar-refractivity contribution in [3.05, 3.63) is 46.8 Å². The first-order valence-electron chi connectivity index (χ1n) is 9.80. The summed E-state index contributed by atoms with van der Waals surface area (Å²) < 4.78 is 10.6. The molecule has 8 nitrogen and oxygen atoms in total. The summed E-state index contributed by atoms with van der Waals surface area (Å²) in [5.41, 5.74) is 3.03. The molecule has 1 amide bonds. The Morgan fingerprint density at radius 2 is 1.90 bits per heavy atom. The lowest BCUT2D eigenvalue weighted by Crippen LogP contribution is -2.42. The number of aryl methyl sites for hydroxylation is 2. The molecule has 2 N–H and O–H groups in total. The van der Waals surface area contributed by atoms with E-state index in [2.05, 4.69) is 20.8 Å². The number of aliphatic imine (C=N–C) groups is 1. The number of hydrogen-bond acceptors (Lipinski definition) is 5. The van der Waals surface area contributed by atoms with Gasteiger partial charge in [0.15, 0.2) is 5.96 Å². The van der Waals surface area contributed by atoms with Crippen molar-refractivity contribution < 1.29 is 14.1 Å². The van der Waals surface area contributed by atoms with Gasteiger partial charge in [0, 0.05) is 32.6 Å². The lowest BCUT2D eigenvalue weighted by molar-refractivity contribution is -0.127. The second-order valence-corrected chi connectivity index (χ2v) is 6.75.